The first-order valence-corrected chi connectivity index (χ1v) is 4.80. The summed E-state index contributed by atoms with van der Waals surface area (Å²) in [7, 11) is 0. The Morgan fingerprint density at radius 2 is 2.12 bits per heavy atom. The van der Waals surface area contributed by atoms with Crippen LogP contribution in [0.25, 0.3) is 10.9 Å². The maximum Gasteiger partial charge on any atom is 0.251 e. The lowest BCUT2D eigenvalue weighted by atomic mass is 10.1. The van der Waals surface area contributed by atoms with Crippen LogP contribution >= 0.6 is 0 Å². The van der Waals surface area contributed by atoms with E-state index in [1.54, 1.807) is 18.3 Å². The number of H-pyrrole nitrogens is 1. The molecular formula is C11H11N3O2. The first-order chi connectivity index (χ1) is 7.66. The van der Waals surface area contributed by atoms with Gasteiger partial charge in [-0.15, -0.1) is 0 Å². The van der Waals surface area contributed by atoms with E-state index in [0.29, 0.717) is 5.56 Å². The van der Waals surface area contributed by atoms with E-state index in [2.05, 4.69) is 10.3 Å². The number of hydrogen-bond acceptors (Lipinski definition) is 2. The van der Waals surface area contributed by atoms with Crippen LogP contribution in [0.15, 0.2) is 30.5 Å². The first-order valence-electron chi connectivity index (χ1n) is 4.80. The lowest BCUT2D eigenvalue weighted by Gasteiger charge is -2.02. The molecule has 0 bridgehead atoms. The van der Waals surface area contributed by atoms with Crippen molar-refractivity contribution < 1.29 is 9.59 Å². The molecule has 0 unspecified atom stereocenters. The van der Waals surface area contributed by atoms with Crippen molar-refractivity contribution in [1.29, 1.82) is 0 Å². The number of carbonyl (C=O) groups is 2. The lowest BCUT2D eigenvalue weighted by Crippen LogP contribution is -2.33. The van der Waals surface area contributed by atoms with Gasteiger partial charge in [0.25, 0.3) is 5.91 Å². The Morgan fingerprint density at radius 1 is 1.31 bits per heavy atom. The fourth-order valence-electron chi connectivity index (χ4n) is 1.46. The van der Waals surface area contributed by atoms with Crippen molar-refractivity contribution in [3.8, 4) is 0 Å². The molecule has 0 aliphatic rings. The first kappa shape index (κ1) is 10.2. The van der Waals surface area contributed by atoms with E-state index in [-0.39, 0.29) is 12.5 Å². The molecule has 2 aromatic rings. The van der Waals surface area contributed by atoms with Crippen LogP contribution in [0, 0.1) is 0 Å². The molecule has 0 aliphatic carbocycles. The van der Waals surface area contributed by atoms with E-state index in [0.717, 1.165) is 10.9 Å². The maximum atomic E-state index is 11.6. The highest BCUT2D eigenvalue weighted by atomic mass is 16.2. The summed E-state index contributed by atoms with van der Waals surface area (Å²) in [5.74, 6) is -0.863. The summed E-state index contributed by atoms with van der Waals surface area (Å²) in [5, 5.41) is 3.38. The number of rotatable bonds is 3. The minimum atomic E-state index is -0.559. The zero-order valence-corrected chi connectivity index (χ0v) is 8.49. The summed E-state index contributed by atoms with van der Waals surface area (Å²) in [6.45, 7) is -0.149. The minimum Gasteiger partial charge on any atom is -0.368 e. The number of benzene rings is 1. The van der Waals surface area contributed by atoms with Crippen LogP contribution in [-0.4, -0.2) is 23.3 Å². The standard InChI is InChI=1S/C11H11N3O2/c12-10(15)6-14-11(16)8-1-2-9-7(5-8)3-4-13-9/h1-5,13H,6H2,(H2,12,15)(H,14,16). The average molecular weight is 217 g/mol. The maximum absolute atomic E-state index is 11.6. The summed E-state index contributed by atoms with van der Waals surface area (Å²) in [6, 6.07) is 7.13. The van der Waals surface area contributed by atoms with E-state index >= 15 is 0 Å². The zero-order valence-electron chi connectivity index (χ0n) is 8.49. The second-order valence-electron chi connectivity index (χ2n) is 3.43. The largest absolute Gasteiger partial charge is 0.368 e. The molecule has 5 heteroatoms. The van der Waals surface area contributed by atoms with Crippen molar-refractivity contribution in [2.45, 2.75) is 0 Å². The van der Waals surface area contributed by atoms with Gasteiger partial charge in [-0.05, 0) is 24.3 Å². The van der Waals surface area contributed by atoms with Crippen LogP contribution in [0.3, 0.4) is 0 Å². The number of hydrogen-bond donors (Lipinski definition) is 3. The number of aromatic nitrogens is 1. The smallest absolute Gasteiger partial charge is 0.251 e. The molecule has 0 atom stereocenters. The Morgan fingerprint density at radius 3 is 2.88 bits per heavy atom. The zero-order chi connectivity index (χ0) is 11.5. The Labute approximate surface area is 91.6 Å². The summed E-state index contributed by atoms with van der Waals surface area (Å²) in [4.78, 5) is 25.1. The molecule has 0 aliphatic heterocycles. The van der Waals surface area contributed by atoms with Crippen LogP contribution < -0.4 is 11.1 Å². The van der Waals surface area contributed by atoms with E-state index in [1.165, 1.54) is 0 Å². The van der Waals surface area contributed by atoms with Gasteiger partial charge in [0.15, 0.2) is 0 Å². The molecule has 2 amide bonds. The number of fused-ring (bicyclic) bond motifs is 1. The van der Waals surface area contributed by atoms with Crippen LogP contribution in [0.1, 0.15) is 10.4 Å². The number of carbonyl (C=O) groups excluding carboxylic acids is 2. The summed E-state index contributed by atoms with van der Waals surface area (Å²) >= 11 is 0. The Kier molecular flexibility index (Phi) is 2.59. The molecule has 0 saturated carbocycles. The molecule has 1 heterocycles. The average Bonchev–Trinajstić information content (AvgIpc) is 2.72. The van der Waals surface area contributed by atoms with Crippen LogP contribution in [-0.2, 0) is 4.79 Å². The van der Waals surface area contributed by atoms with Crippen LogP contribution in [0.5, 0.6) is 0 Å². The third-order valence-corrected chi connectivity index (χ3v) is 2.24. The van der Waals surface area contributed by atoms with Gasteiger partial charge in [0.05, 0.1) is 6.54 Å². The molecule has 1 aromatic carbocycles. The van der Waals surface area contributed by atoms with Gasteiger partial charge in [0, 0.05) is 22.7 Å². The van der Waals surface area contributed by atoms with E-state index in [4.69, 9.17) is 5.73 Å². The molecule has 0 fully saturated rings. The van der Waals surface area contributed by atoms with E-state index in [9.17, 15) is 9.59 Å². The SMILES string of the molecule is NC(=O)CNC(=O)c1ccc2[nH]ccc2c1. The topological polar surface area (TPSA) is 88.0 Å². The van der Waals surface area contributed by atoms with Crippen molar-refractivity contribution in [1.82, 2.24) is 10.3 Å². The van der Waals surface area contributed by atoms with Gasteiger partial charge in [-0.3, -0.25) is 9.59 Å². The Balaban J connectivity index is 2.19. The van der Waals surface area contributed by atoms with Crippen molar-refractivity contribution >= 4 is 22.7 Å². The fraction of sp³-hybridized carbons (Fsp3) is 0.0909. The molecule has 2 rings (SSSR count). The molecule has 0 saturated heterocycles. The third-order valence-electron chi connectivity index (χ3n) is 2.24. The van der Waals surface area contributed by atoms with Gasteiger partial charge in [0.1, 0.15) is 0 Å². The molecule has 5 nitrogen and oxygen atoms in total. The molecule has 16 heavy (non-hydrogen) atoms. The Hall–Kier alpha value is -2.30. The highest BCUT2D eigenvalue weighted by Crippen LogP contribution is 2.13. The second kappa shape index (κ2) is 4.06. The van der Waals surface area contributed by atoms with Gasteiger partial charge < -0.3 is 16.0 Å². The third kappa shape index (κ3) is 2.03. The van der Waals surface area contributed by atoms with Gasteiger partial charge >= 0.3 is 0 Å². The summed E-state index contributed by atoms with van der Waals surface area (Å²) in [5.41, 5.74) is 6.41. The van der Waals surface area contributed by atoms with Crippen molar-refractivity contribution in [3.05, 3.63) is 36.0 Å². The van der Waals surface area contributed by atoms with Gasteiger partial charge in [-0.25, -0.2) is 0 Å². The van der Waals surface area contributed by atoms with Crippen LogP contribution in [0.2, 0.25) is 0 Å². The normalized spacial score (nSPS) is 10.2. The van der Waals surface area contributed by atoms with E-state index < -0.39 is 5.91 Å². The minimum absolute atomic E-state index is 0.149. The van der Waals surface area contributed by atoms with Crippen molar-refractivity contribution in [2.75, 3.05) is 6.54 Å². The van der Waals surface area contributed by atoms with Gasteiger partial charge in [-0.2, -0.15) is 0 Å². The van der Waals surface area contributed by atoms with Gasteiger partial charge in [-0.1, -0.05) is 0 Å². The summed E-state index contributed by atoms with van der Waals surface area (Å²) < 4.78 is 0. The van der Waals surface area contributed by atoms with Gasteiger partial charge in [0.2, 0.25) is 5.91 Å². The van der Waals surface area contributed by atoms with E-state index in [1.807, 2.05) is 12.1 Å². The van der Waals surface area contributed by atoms with Crippen molar-refractivity contribution in [2.24, 2.45) is 5.73 Å². The molecular weight excluding hydrogens is 206 g/mol. The quantitative estimate of drug-likeness (QED) is 0.694. The summed E-state index contributed by atoms with van der Waals surface area (Å²) in [6.07, 6.45) is 1.80. The predicted molar refractivity (Wildman–Crippen MR) is 59.8 cm³/mol. The highest BCUT2D eigenvalue weighted by molar-refractivity contribution is 5.99. The molecule has 82 valence electrons. The fourth-order valence-corrected chi connectivity index (χ4v) is 1.46. The number of nitrogens with one attached hydrogen (secondary N) is 2. The molecule has 1 aromatic heterocycles. The predicted octanol–water partition coefficient (Wildman–Crippen LogP) is 0.383. The lowest BCUT2D eigenvalue weighted by molar-refractivity contribution is -0.117. The monoisotopic (exact) mass is 217 g/mol. The second-order valence-corrected chi connectivity index (χ2v) is 3.43. The van der Waals surface area contributed by atoms with Crippen molar-refractivity contribution in [3.63, 3.8) is 0 Å². The molecule has 4 N–H and O–H groups in total. The number of aromatic amines is 1. The van der Waals surface area contributed by atoms with Crippen LogP contribution in [0.4, 0.5) is 0 Å². The highest BCUT2D eigenvalue weighted by Gasteiger charge is 2.07. The molecule has 0 spiro atoms. The number of nitrogens with two attached hydrogens (primary N) is 1. The Bertz CT molecular complexity index is 545. The number of primary amides is 1. The molecule has 0 radical (unpaired) electrons. The number of amides is 2.